The van der Waals surface area contributed by atoms with Crippen molar-refractivity contribution in [3.8, 4) is 0 Å². The number of nitrogens with one attached hydrogen (secondary N) is 3. The molecule has 0 amide bonds. The second-order valence-corrected chi connectivity index (χ2v) is 5.77. The Morgan fingerprint density at radius 3 is 2.76 bits per heavy atom. The lowest BCUT2D eigenvalue weighted by Crippen LogP contribution is -2.09. The molecule has 2 aromatic heterocycles. The fraction of sp³-hybridized carbons (Fsp3) is 0.667. The fourth-order valence-corrected chi connectivity index (χ4v) is 2.17. The van der Waals surface area contributed by atoms with Gasteiger partial charge in [0.2, 0.25) is 5.95 Å². The van der Waals surface area contributed by atoms with Gasteiger partial charge >= 0.3 is 0 Å². The van der Waals surface area contributed by atoms with Gasteiger partial charge < -0.3 is 10.6 Å². The molecule has 0 saturated carbocycles. The number of nitrogens with zero attached hydrogens (tertiary/aromatic N) is 3. The largest absolute Gasteiger partial charge is 0.369 e. The number of aromatic amines is 1. The normalized spacial score (nSPS) is 11.2. The summed E-state index contributed by atoms with van der Waals surface area (Å²) in [5, 5.41) is 14.5. The maximum atomic E-state index is 4.55. The zero-order valence-corrected chi connectivity index (χ0v) is 13.2. The third kappa shape index (κ3) is 4.58. The predicted molar refractivity (Wildman–Crippen MR) is 87.6 cm³/mol. The van der Waals surface area contributed by atoms with E-state index in [9.17, 15) is 0 Å². The number of unbranched alkanes of at least 4 members (excludes halogenated alkanes) is 1. The first-order valence-electron chi connectivity index (χ1n) is 7.89. The molecular formula is C15H26N6. The lowest BCUT2D eigenvalue weighted by atomic mass is 10.1. The Hall–Kier alpha value is -1.85. The first-order chi connectivity index (χ1) is 10.2. The van der Waals surface area contributed by atoms with Crippen molar-refractivity contribution in [3.63, 3.8) is 0 Å². The minimum absolute atomic E-state index is 0.651. The zero-order valence-electron chi connectivity index (χ0n) is 13.2. The van der Waals surface area contributed by atoms with E-state index in [0.29, 0.717) is 5.95 Å². The Morgan fingerprint density at radius 1 is 1.14 bits per heavy atom. The van der Waals surface area contributed by atoms with Gasteiger partial charge in [0.1, 0.15) is 5.82 Å². The van der Waals surface area contributed by atoms with Gasteiger partial charge in [-0.25, -0.2) is 0 Å². The third-order valence-electron chi connectivity index (χ3n) is 3.34. The lowest BCUT2D eigenvalue weighted by molar-refractivity contribution is 0.544. The van der Waals surface area contributed by atoms with Gasteiger partial charge in [0.25, 0.3) is 0 Å². The van der Waals surface area contributed by atoms with Crippen LogP contribution in [0, 0.1) is 5.92 Å². The van der Waals surface area contributed by atoms with Crippen LogP contribution in [-0.4, -0.2) is 33.3 Å². The van der Waals surface area contributed by atoms with Crippen molar-refractivity contribution >= 4 is 22.8 Å². The topological polar surface area (TPSA) is 78.5 Å². The first kappa shape index (κ1) is 15.5. The number of hydrogen-bond donors (Lipinski definition) is 3. The minimum atomic E-state index is 0.651. The van der Waals surface area contributed by atoms with E-state index in [0.717, 1.165) is 48.7 Å². The van der Waals surface area contributed by atoms with Crippen molar-refractivity contribution < 1.29 is 0 Å². The second-order valence-electron chi connectivity index (χ2n) is 5.77. The quantitative estimate of drug-likeness (QED) is 0.617. The van der Waals surface area contributed by atoms with E-state index in [1.165, 1.54) is 12.8 Å². The summed E-state index contributed by atoms with van der Waals surface area (Å²) >= 11 is 0. The number of rotatable bonds is 9. The molecule has 6 nitrogen and oxygen atoms in total. The summed E-state index contributed by atoms with van der Waals surface area (Å²) in [7, 11) is 0. The molecule has 0 spiro atoms. The summed E-state index contributed by atoms with van der Waals surface area (Å²) in [6.45, 7) is 8.44. The zero-order chi connectivity index (χ0) is 15.1. The van der Waals surface area contributed by atoms with Crippen molar-refractivity contribution in [2.45, 2.75) is 46.5 Å². The SMILES string of the molecule is CCCNc1nc(NCCCCC(C)C)c2cn[nH]c2n1. The highest BCUT2D eigenvalue weighted by molar-refractivity contribution is 5.86. The number of anilines is 2. The molecule has 0 aliphatic heterocycles. The van der Waals surface area contributed by atoms with Gasteiger partial charge in [-0.1, -0.05) is 33.6 Å². The van der Waals surface area contributed by atoms with Crippen molar-refractivity contribution in [3.05, 3.63) is 6.20 Å². The van der Waals surface area contributed by atoms with Crippen LogP contribution in [-0.2, 0) is 0 Å². The Labute approximate surface area is 126 Å². The van der Waals surface area contributed by atoms with Gasteiger partial charge in [-0.05, 0) is 18.8 Å². The van der Waals surface area contributed by atoms with Crippen molar-refractivity contribution in [2.75, 3.05) is 23.7 Å². The Bertz CT molecular complexity index is 548. The molecule has 0 unspecified atom stereocenters. The van der Waals surface area contributed by atoms with Crippen LogP contribution in [0.4, 0.5) is 11.8 Å². The van der Waals surface area contributed by atoms with Crippen LogP contribution in [0.25, 0.3) is 11.0 Å². The van der Waals surface area contributed by atoms with E-state index in [2.05, 4.69) is 51.6 Å². The van der Waals surface area contributed by atoms with Crippen LogP contribution in [0.1, 0.15) is 46.5 Å². The van der Waals surface area contributed by atoms with Crippen molar-refractivity contribution in [2.24, 2.45) is 5.92 Å². The van der Waals surface area contributed by atoms with E-state index < -0.39 is 0 Å². The van der Waals surface area contributed by atoms with E-state index in [-0.39, 0.29) is 0 Å². The molecule has 21 heavy (non-hydrogen) atoms. The molecule has 0 atom stereocenters. The molecular weight excluding hydrogens is 264 g/mol. The Morgan fingerprint density at radius 2 is 2.00 bits per heavy atom. The third-order valence-corrected chi connectivity index (χ3v) is 3.34. The highest BCUT2D eigenvalue weighted by Gasteiger charge is 2.08. The number of aromatic nitrogens is 4. The molecule has 0 saturated heterocycles. The van der Waals surface area contributed by atoms with Crippen LogP contribution in [0.5, 0.6) is 0 Å². The molecule has 0 aliphatic rings. The van der Waals surface area contributed by atoms with E-state index in [1.807, 2.05) is 0 Å². The van der Waals surface area contributed by atoms with Crippen LogP contribution in [0.3, 0.4) is 0 Å². The van der Waals surface area contributed by atoms with Crippen LogP contribution < -0.4 is 10.6 Å². The molecule has 0 radical (unpaired) electrons. The van der Waals surface area contributed by atoms with E-state index >= 15 is 0 Å². The number of hydrogen-bond acceptors (Lipinski definition) is 5. The summed E-state index contributed by atoms with van der Waals surface area (Å²) in [6, 6.07) is 0. The molecule has 0 bridgehead atoms. The first-order valence-corrected chi connectivity index (χ1v) is 7.89. The average Bonchev–Trinajstić information content (AvgIpc) is 2.92. The fourth-order valence-electron chi connectivity index (χ4n) is 2.17. The average molecular weight is 290 g/mol. The van der Waals surface area contributed by atoms with Gasteiger partial charge in [0, 0.05) is 13.1 Å². The molecule has 6 heteroatoms. The molecule has 0 aromatic carbocycles. The molecule has 2 heterocycles. The van der Waals surface area contributed by atoms with Crippen molar-refractivity contribution in [1.29, 1.82) is 0 Å². The summed E-state index contributed by atoms with van der Waals surface area (Å²) in [6.07, 6.45) is 6.48. The molecule has 116 valence electrons. The van der Waals surface area contributed by atoms with Crippen LogP contribution in [0.2, 0.25) is 0 Å². The van der Waals surface area contributed by atoms with Gasteiger partial charge in [-0.15, -0.1) is 0 Å². The summed E-state index contributed by atoms with van der Waals surface area (Å²) in [5.74, 6) is 2.28. The Kier molecular flexibility index (Phi) is 5.78. The van der Waals surface area contributed by atoms with E-state index in [4.69, 9.17) is 0 Å². The van der Waals surface area contributed by atoms with Crippen LogP contribution >= 0.6 is 0 Å². The molecule has 0 fully saturated rings. The number of fused-ring (bicyclic) bond motifs is 1. The summed E-state index contributed by atoms with van der Waals surface area (Å²) in [4.78, 5) is 8.97. The van der Waals surface area contributed by atoms with Gasteiger partial charge in [-0.2, -0.15) is 15.1 Å². The molecule has 3 N–H and O–H groups in total. The maximum absolute atomic E-state index is 4.55. The molecule has 0 aliphatic carbocycles. The van der Waals surface area contributed by atoms with Gasteiger partial charge in [0.05, 0.1) is 11.6 Å². The second kappa shape index (κ2) is 7.81. The molecule has 2 rings (SSSR count). The van der Waals surface area contributed by atoms with Crippen molar-refractivity contribution in [1.82, 2.24) is 20.2 Å². The number of H-pyrrole nitrogens is 1. The standard InChI is InChI=1S/C15H26N6/c1-4-8-17-15-19-13(12-10-18-21-14(12)20-15)16-9-6-5-7-11(2)3/h10-11H,4-9H2,1-3H3,(H3,16,17,18,19,20,21). The predicted octanol–water partition coefficient (Wildman–Crippen LogP) is 3.41. The highest BCUT2D eigenvalue weighted by atomic mass is 15.2. The minimum Gasteiger partial charge on any atom is -0.369 e. The van der Waals surface area contributed by atoms with Gasteiger partial charge in [0.15, 0.2) is 5.65 Å². The monoisotopic (exact) mass is 290 g/mol. The smallest absolute Gasteiger partial charge is 0.226 e. The highest BCUT2D eigenvalue weighted by Crippen LogP contribution is 2.20. The van der Waals surface area contributed by atoms with Crippen LogP contribution in [0.15, 0.2) is 6.20 Å². The lowest BCUT2D eigenvalue weighted by Gasteiger charge is -2.10. The summed E-state index contributed by atoms with van der Waals surface area (Å²) in [5.41, 5.74) is 0.772. The maximum Gasteiger partial charge on any atom is 0.226 e. The molecule has 2 aromatic rings. The van der Waals surface area contributed by atoms with Gasteiger partial charge in [-0.3, -0.25) is 5.10 Å². The Balaban J connectivity index is 1.98. The summed E-state index contributed by atoms with van der Waals surface area (Å²) < 4.78 is 0. The van der Waals surface area contributed by atoms with E-state index in [1.54, 1.807) is 6.20 Å².